The van der Waals surface area contributed by atoms with Gasteiger partial charge in [-0.25, -0.2) is 15.0 Å². The Balaban J connectivity index is 1.18. The number of allylic oxidation sites excluding steroid dienone is 10. The van der Waals surface area contributed by atoms with Crippen molar-refractivity contribution in [2.75, 3.05) is 0 Å². The number of hydrogen-bond acceptors (Lipinski definition) is 3. The summed E-state index contributed by atoms with van der Waals surface area (Å²) in [5.74, 6) is 2.14. The molecule has 1 unspecified atom stereocenters. The van der Waals surface area contributed by atoms with Crippen molar-refractivity contribution in [1.82, 2.24) is 15.0 Å². The summed E-state index contributed by atoms with van der Waals surface area (Å²) in [6.45, 7) is 4.43. The Kier molecular flexibility index (Phi) is 8.22. The van der Waals surface area contributed by atoms with E-state index in [4.69, 9.17) is 15.0 Å². The lowest BCUT2D eigenvalue weighted by molar-refractivity contribution is 0.758. The molecule has 0 fully saturated rings. The molecule has 0 saturated carbocycles. The van der Waals surface area contributed by atoms with Gasteiger partial charge in [0.05, 0.1) is 5.41 Å². The van der Waals surface area contributed by atoms with Crippen LogP contribution in [0, 0.1) is 5.92 Å². The van der Waals surface area contributed by atoms with Gasteiger partial charge in [0.1, 0.15) is 0 Å². The van der Waals surface area contributed by atoms with Gasteiger partial charge in [-0.15, -0.1) is 0 Å². The largest absolute Gasteiger partial charge is 0.208 e. The van der Waals surface area contributed by atoms with Gasteiger partial charge < -0.3 is 0 Å². The van der Waals surface area contributed by atoms with Crippen molar-refractivity contribution in [3.63, 3.8) is 0 Å². The highest BCUT2D eigenvalue weighted by molar-refractivity contribution is 6.01. The van der Waals surface area contributed by atoms with Crippen LogP contribution in [0.5, 0.6) is 0 Å². The highest BCUT2D eigenvalue weighted by Crippen LogP contribution is 2.65. The minimum absolute atomic E-state index is 0.183. The van der Waals surface area contributed by atoms with Gasteiger partial charge >= 0.3 is 0 Å². The van der Waals surface area contributed by atoms with E-state index in [0.29, 0.717) is 17.5 Å². The molecule has 0 N–H and O–H groups in total. The predicted molar refractivity (Wildman–Crippen MR) is 230 cm³/mol. The van der Waals surface area contributed by atoms with Gasteiger partial charge in [-0.2, -0.15) is 0 Å². The third-order valence-electron chi connectivity index (χ3n) is 11.5. The third kappa shape index (κ3) is 5.31. The Morgan fingerprint density at radius 1 is 0.518 bits per heavy atom. The van der Waals surface area contributed by atoms with E-state index in [1.807, 2.05) is 60.7 Å². The zero-order valence-electron chi connectivity index (χ0n) is 31.4. The van der Waals surface area contributed by atoms with Gasteiger partial charge in [0.2, 0.25) is 0 Å². The van der Waals surface area contributed by atoms with E-state index >= 15 is 0 Å². The fraction of sp³-hybridized carbons (Fsp3) is 0.0755. The molecule has 0 saturated heterocycles. The molecule has 56 heavy (non-hydrogen) atoms. The number of fused-ring (bicyclic) bond motifs is 7. The highest BCUT2D eigenvalue weighted by atomic mass is 15.0. The maximum atomic E-state index is 5.05. The molecule has 0 aliphatic heterocycles. The Labute approximate surface area is 328 Å². The van der Waals surface area contributed by atoms with Crippen molar-refractivity contribution < 1.29 is 0 Å². The molecule has 3 nitrogen and oxygen atoms in total. The van der Waals surface area contributed by atoms with Gasteiger partial charge in [0.15, 0.2) is 17.5 Å². The number of hydrogen-bond donors (Lipinski definition) is 0. The fourth-order valence-electron chi connectivity index (χ4n) is 9.00. The molecule has 3 aliphatic carbocycles. The molecule has 1 atom stereocenters. The summed E-state index contributed by atoms with van der Waals surface area (Å²) in [6, 6.07) is 56.0. The Morgan fingerprint density at radius 2 is 1.00 bits per heavy atom. The molecular formula is C53H39N3. The molecule has 0 radical (unpaired) electrons. The van der Waals surface area contributed by atoms with Crippen molar-refractivity contribution in [2.24, 2.45) is 5.92 Å². The van der Waals surface area contributed by atoms with Gasteiger partial charge in [0.25, 0.3) is 0 Å². The first-order valence-electron chi connectivity index (χ1n) is 19.4. The second-order valence-electron chi connectivity index (χ2n) is 14.7. The molecule has 1 aromatic heterocycles. The van der Waals surface area contributed by atoms with Crippen LogP contribution >= 0.6 is 0 Å². The second-order valence-corrected chi connectivity index (χ2v) is 14.7. The van der Waals surface area contributed by atoms with Crippen LogP contribution in [-0.2, 0) is 5.41 Å². The first kappa shape index (κ1) is 33.6. The lowest BCUT2D eigenvalue weighted by atomic mass is 9.67. The number of benzene rings is 6. The van der Waals surface area contributed by atoms with Crippen LogP contribution in [0.15, 0.2) is 205 Å². The molecule has 1 heterocycles. The Morgan fingerprint density at radius 3 is 1.59 bits per heavy atom. The zero-order chi connectivity index (χ0) is 37.6. The van der Waals surface area contributed by atoms with Crippen LogP contribution < -0.4 is 0 Å². The quantitative estimate of drug-likeness (QED) is 0.178. The number of aromatic nitrogens is 3. The van der Waals surface area contributed by atoms with E-state index in [9.17, 15) is 0 Å². The summed E-state index contributed by atoms with van der Waals surface area (Å²) in [4.78, 5) is 15.0. The summed E-state index contributed by atoms with van der Waals surface area (Å²) >= 11 is 0. The standard InChI is InChI=1S/C53H39N3/c1-3-4-24-44-43-27-13-16-30-48(43)53(46-28-14-11-25-41(46)42-26-12-15-29-47(42)53)49(44)45-34-39(32-31-35(45)2)38-22-17-23-40(33-38)52-55-50(36-18-7-5-8-19-36)54-51(56-52)37-20-9-6-10-21-37/h3-35H,1-2H3/b4-3-,44-24+,49-45-. The normalized spacial score (nSPS) is 18.3. The molecular weight excluding hydrogens is 679 g/mol. The van der Waals surface area contributed by atoms with Gasteiger partial charge in [-0.1, -0.05) is 195 Å². The summed E-state index contributed by atoms with van der Waals surface area (Å²) in [5, 5.41) is 0. The van der Waals surface area contributed by atoms with Crippen LogP contribution in [0.1, 0.15) is 41.7 Å². The van der Waals surface area contributed by atoms with E-state index in [2.05, 4.69) is 147 Å². The first-order valence-corrected chi connectivity index (χ1v) is 19.4. The molecule has 3 heteroatoms. The van der Waals surface area contributed by atoms with Gasteiger partial charge in [-0.3, -0.25) is 0 Å². The Bertz CT molecular complexity index is 2720. The van der Waals surface area contributed by atoms with Crippen LogP contribution in [0.2, 0.25) is 0 Å². The molecule has 0 amide bonds. The lowest BCUT2D eigenvalue weighted by Crippen LogP contribution is -2.28. The number of nitrogens with zero attached hydrogens (tertiary/aromatic N) is 3. The fourth-order valence-corrected chi connectivity index (χ4v) is 9.00. The maximum Gasteiger partial charge on any atom is 0.164 e. The van der Waals surface area contributed by atoms with Gasteiger partial charge in [0, 0.05) is 16.7 Å². The van der Waals surface area contributed by atoms with Gasteiger partial charge in [-0.05, 0) is 80.1 Å². The molecule has 7 aromatic rings. The van der Waals surface area contributed by atoms with Crippen molar-refractivity contribution >= 4 is 11.1 Å². The van der Waals surface area contributed by atoms with Crippen LogP contribution in [-0.4, -0.2) is 15.0 Å². The number of rotatable bonds is 5. The van der Waals surface area contributed by atoms with E-state index in [1.165, 1.54) is 50.1 Å². The summed E-state index contributed by atoms with van der Waals surface area (Å²) in [7, 11) is 0. The smallest absolute Gasteiger partial charge is 0.164 e. The molecule has 10 rings (SSSR count). The summed E-state index contributed by atoms with van der Waals surface area (Å²) in [6.07, 6.45) is 13.7. The zero-order valence-corrected chi connectivity index (χ0v) is 31.4. The molecule has 266 valence electrons. The molecule has 3 aliphatic rings. The molecule has 0 bridgehead atoms. The monoisotopic (exact) mass is 717 g/mol. The average molecular weight is 718 g/mol. The maximum absolute atomic E-state index is 5.05. The molecule has 6 aromatic carbocycles. The topological polar surface area (TPSA) is 38.7 Å². The Hall–Kier alpha value is -6.97. The van der Waals surface area contributed by atoms with Crippen molar-refractivity contribution in [2.45, 2.75) is 19.3 Å². The third-order valence-corrected chi connectivity index (χ3v) is 11.5. The van der Waals surface area contributed by atoms with Crippen LogP contribution in [0.25, 0.3) is 56.4 Å². The van der Waals surface area contributed by atoms with Crippen molar-refractivity contribution in [3.05, 3.63) is 233 Å². The minimum atomic E-state index is -0.456. The average Bonchev–Trinajstić information content (AvgIpc) is 3.73. The second kappa shape index (κ2) is 13.7. The predicted octanol–water partition coefficient (Wildman–Crippen LogP) is 12.7. The van der Waals surface area contributed by atoms with Crippen LogP contribution in [0.4, 0.5) is 0 Å². The van der Waals surface area contributed by atoms with Crippen molar-refractivity contribution in [1.29, 1.82) is 0 Å². The molecule has 1 spiro atoms. The van der Waals surface area contributed by atoms with Crippen molar-refractivity contribution in [3.8, 4) is 45.3 Å². The van der Waals surface area contributed by atoms with E-state index < -0.39 is 5.41 Å². The summed E-state index contributed by atoms with van der Waals surface area (Å²) < 4.78 is 0. The van der Waals surface area contributed by atoms with E-state index in [-0.39, 0.29) is 5.92 Å². The lowest BCUT2D eigenvalue weighted by Gasteiger charge is -2.34. The van der Waals surface area contributed by atoms with E-state index in [1.54, 1.807) is 0 Å². The minimum Gasteiger partial charge on any atom is -0.208 e. The van der Waals surface area contributed by atoms with E-state index in [0.717, 1.165) is 27.8 Å². The summed E-state index contributed by atoms with van der Waals surface area (Å²) in [5.41, 5.74) is 16.6. The highest BCUT2D eigenvalue weighted by Gasteiger charge is 2.54. The SMILES string of the molecule is C\C=C/C=C1/C(=C2\C=C(c3cccc(-c4nc(-c5ccccc5)nc(-c5ccccc5)n4)c3)C=CC2C)C2(c3ccccc31)c1ccccc1-c1ccccc12. The van der Waals surface area contributed by atoms with Crippen LogP contribution in [0.3, 0.4) is 0 Å². The first-order chi connectivity index (χ1) is 27.6.